The Morgan fingerprint density at radius 3 is 2.50 bits per heavy atom. The number of non-ortho nitro benzene ring substituents is 1. The predicted molar refractivity (Wildman–Crippen MR) is 67.3 cm³/mol. The van der Waals surface area contributed by atoms with E-state index in [4.69, 9.17) is 0 Å². The first kappa shape index (κ1) is 15.1. The molecule has 4 nitrogen and oxygen atoms in total. The van der Waals surface area contributed by atoms with Gasteiger partial charge in [0.15, 0.2) is 5.71 Å². The topological polar surface area (TPSA) is 46.1 Å². The molecule has 0 aliphatic carbocycles. The first-order chi connectivity index (χ1) is 7.89. The minimum absolute atomic E-state index is 0. The summed E-state index contributed by atoms with van der Waals surface area (Å²) in [4.78, 5) is 10.5. The summed E-state index contributed by atoms with van der Waals surface area (Å²) < 4.78 is 2.22. The third-order valence-electron chi connectivity index (χ3n) is 3.78. The molecule has 0 saturated carbocycles. The van der Waals surface area contributed by atoms with Gasteiger partial charge in [0.2, 0.25) is 5.69 Å². The second kappa shape index (κ2) is 4.95. The summed E-state index contributed by atoms with van der Waals surface area (Å²) in [5, 5.41) is 10.8. The number of fused-ring (bicyclic) bond motifs is 1. The van der Waals surface area contributed by atoms with Crippen LogP contribution in [0.3, 0.4) is 0 Å². The molecule has 0 bridgehead atoms. The molecule has 98 valence electrons. The molecule has 1 aromatic carbocycles. The van der Waals surface area contributed by atoms with Crippen LogP contribution >= 0.6 is 0 Å². The minimum Gasteiger partial charge on any atom is -1.00 e. The Hall–Kier alpha value is -0.980. The van der Waals surface area contributed by atoms with Gasteiger partial charge in [0.05, 0.1) is 10.3 Å². The maximum absolute atomic E-state index is 10.8. The van der Waals surface area contributed by atoms with Crippen molar-refractivity contribution >= 4 is 17.1 Å². The van der Waals surface area contributed by atoms with Crippen molar-refractivity contribution in [3.63, 3.8) is 0 Å². The lowest BCUT2D eigenvalue weighted by molar-refractivity contribution is -0.434. The highest BCUT2D eigenvalue weighted by molar-refractivity contribution is 5.93. The lowest BCUT2D eigenvalue weighted by Crippen LogP contribution is -3.00. The van der Waals surface area contributed by atoms with Crippen LogP contribution in [0.5, 0.6) is 0 Å². The number of nitro benzene ring substituents is 1. The monoisotopic (exact) mass is 360 g/mol. The molecular formula is C13H17IN2O2. The van der Waals surface area contributed by atoms with Gasteiger partial charge in [-0.1, -0.05) is 0 Å². The number of hydrogen-bond donors (Lipinski definition) is 0. The summed E-state index contributed by atoms with van der Waals surface area (Å²) in [6, 6.07) is 5.14. The first-order valence-corrected chi connectivity index (χ1v) is 5.80. The quantitative estimate of drug-likeness (QED) is 0.323. The molecule has 1 aromatic rings. The summed E-state index contributed by atoms with van der Waals surface area (Å²) in [6.07, 6.45) is 0. The number of benzene rings is 1. The lowest BCUT2D eigenvalue weighted by atomic mass is 9.82. The molecule has 0 atom stereocenters. The van der Waals surface area contributed by atoms with E-state index in [1.165, 1.54) is 5.71 Å². The maximum atomic E-state index is 10.8. The largest absolute Gasteiger partial charge is 1.00 e. The van der Waals surface area contributed by atoms with Crippen LogP contribution in [0.1, 0.15) is 33.3 Å². The number of hydrogen-bond acceptors (Lipinski definition) is 2. The van der Waals surface area contributed by atoms with Gasteiger partial charge in [-0.05, 0) is 20.8 Å². The van der Waals surface area contributed by atoms with Crippen LogP contribution in [0.4, 0.5) is 11.4 Å². The summed E-state index contributed by atoms with van der Waals surface area (Å²) in [5.41, 5.74) is 3.43. The van der Waals surface area contributed by atoms with E-state index < -0.39 is 0 Å². The van der Waals surface area contributed by atoms with Crippen LogP contribution in [0.15, 0.2) is 18.2 Å². The van der Waals surface area contributed by atoms with Crippen molar-refractivity contribution in [2.45, 2.75) is 33.1 Å². The zero-order valence-electron chi connectivity index (χ0n) is 11.0. The van der Waals surface area contributed by atoms with Crippen molar-refractivity contribution < 1.29 is 33.5 Å². The molecule has 0 unspecified atom stereocenters. The van der Waals surface area contributed by atoms with Crippen molar-refractivity contribution in [2.75, 3.05) is 6.54 Å². The van der Waals surface area contributed by atoms with Crippen molar-refractivity contribution in [3.8, 4) is 0 Å². The molecule has 1 aliphatic heterocycles. The second-order valence-electron chi connectivity index (χ2n) is 4.91. The molecule has 1 aliphatic rings. The Morgan fingerprint density at radius 1 is 1.39 bits per heavy atom. The van der Waals surface area contributed by atoms with Crippen LogP contribution in [0.2, 0.25) is 0 Å². The second-order valence-corrected chi connectivity index (χ2v) is 4.91. The zero-order chi connectivity index (χ0) is 12.8. The summed E-state index contributed by atoms with van der Waals surface area (Å²) in [6.45, 7) is 9.30. The molecule has 1 heterocycles. The standard InChI is InChI=1S/C13H17N2O2.HI/c1-5-14-9(2)13(3,4)11-8-10(15(16)17)6-7-12(11)14;/h6-8H,5H2,1-4H3;1H/q+1;/p-1. The Bertz CT molecular complexity index is 536. The first-order valence-electron chi connectivity index (χ1n) is 5.80. The van der Waals surface area contributed by atoms with Gasteiger partial charge >= 0.3 is 0 Å². The average Bonchev–Trinajstić information content (AvgIpc) is 2.47. The SMILES string of the molecule is CC[N+]1=C(C)C(C)(C)c2cc([N+](=O)[O-])ccc21.[I-]. The van der Waals surface area contributed by atoms with Gasteiger partial charge in [0, 0.05) is 30.7 Å². The molecule has 0 aromatic heterocycles. The van der Waals surface area contributed by atoms with Gasteiger partial charge in [-0.15, -0.1) is 0 Å². The Labute approximate surface area is 124 Å². The van der Waals surface area contributed by atoms with Crippen LogP contribution in [0, 0.1) is 10.1 Å². The fraction of sp³-hybridized carbons (Fsp3) is 0.462. The summed E-state index contributed by atoms with van der Waals surface area (Å²) >= 11 is 0. The van der Waals surface area contributed by atoms with Crippen LogP contribution in [0.25, 0.3) is 0 Å². The highest BCUT2D eigenvalue weighted by Crippen LogP contribution is 2.40. The Morgan fingerprint density at radius 2 is 2.00 bits per heavy atom. The molecule has 2 rings (SSSR count). The van der Waals surface area contributed by atoms with Crippen molar-refractivity contribution in [2.24, 2.45) is 0 Å². The van der Waals surface area contributed by atoms with Crippen molar-refractivity contribution in [1.82, 2.24) is 0 Å². The van der Waals surface area contributed by atoms with Gasteiger partial charge in [0.1, 0.15) is 6.54 Å². The number of halogens is 1. The van der Waals surface area contributed by atoms with E-state index >= 15 is 0 Å². The van der Waals surface area contributed by atoms with Crippen molar-refractivity contribution in [1.29, 1.82) is 0 Å². The molecule has 0 saturated heterocycles. The maximum Gasteiger partial charge on any atom is 0.270 e. The van der Waals surface area contributed by atoms with E-state index in [0.717, 1.165) is 17.8 Å². The highest BCUT2D eigenvalue weighted by atomic mass is 127. The molecule has 0 amide bonds. The van der Waals surface area contributed by atoms with Crippen molar-refractivity contribution in [3.05, 3.63) is 33.9 Å². The number of nitrogens with zero attached hydrogens (tertiary/aromatic N) is 2. The molecule has 18 heavy (non-hydrogen) atoms. The van der Waals surface area contributed by atoms with E-state index in [1.807, 2.05) is 6.07 Å². The van der Waals surface area contributed by atoms with Gasteiger partial charge in [-0.2, -0.15) is 4.58 Å². The molecule has 5 heteroatoms. The Kier molecular flexibility index (Phi) is 4.15. The Balaban J connectivity index is 0.00000162. The summed E-state index contributed by atoms with van der Waals surface area (Å²) in [5.74, 6) is 0. The third-order valence-corrected chi connectivity index (χ3v) is 3.78. The fourth-order valence-electron chi connectivity index (χ4n) is 2.49. The predicted octanol–water partition coefficient (Wildman–Crippen LogP) is 0.0148. The van der Waals surface area contributed by atoms with Gasteiger partial charge in [-0.25, -0.2) is 0 Å². The van der Waals surface area contributed by atoms with Gasteiger partial charge in [0.25, 0.3) is 5.69 Å². The lowest BCUT2D eigenvalue weighted by Gasteiger charge is -2.14. The molecule has 0 spiro atoms. The van der Waals surface area contributed by atoms with Gasteiger partial charge in [-0.3, -0.25) is 10.1 Å². The highest BCUT2D eigenvalue weighted by Gasteiger charge is 2.43. The smallest absolute Gasteiger partial charge is 0.270 e. The van der Waals surface area contributed by atoms with Crippen LogP contribution < -0.4 is 24.0 Å². The van der Waals surface area contributed by atoms with E-state index in [9.17, 15) is 10.1 Å². The van der Waals surface area contributed by atoms with E-state index in [0.29, 0.717) is 0 Å². The number of nitro groups is 1. The normalized spacial score (nSPS) is 16.2. The molecule has 0 N–H and O–H groups in total. The fourth-order valence-corrected chi connectivity index (χ4v) is 2.49. The zero-order valence-corrected chi connectivity index (χ0v) is 13.2. The third kappa shape index (κ3) is 2.04. The molecular weight excluding hydrogens is 343 g/mol. The van der Waals surface area contributed by atoms with Gasteiger partial charge < -0.3 is 24.0 Å². The molecule has 0 fully saturated rings. The average molecular weight is 360 g/mol. The molecule has 0 radical (unpaired) electrons. The number of rotatable bonds is 2. The van der Waals surface area contributed by atoms with Crippen LogP contribution in [-0.4, -0.2) is 21.8 Å². The van der Waals surface area contributed by atoms with E-state index in [2.05, 4.69) is 32.3 Å². The van der Waals surface area contributed by atoms with E-state index in [1.54, 1.807) is 12.1 Å². The van der Waals surface area contributed by atoms with Crippen LogP contribution in [-0.2, 0) is 5.41 Å². The summed E-state index contributed by atoms with van der Waals surface area (Å²) in [7, 11) is 0. The van der Waals surface area contributed by atoms with E-state index in [-0.39, 0.29) is 40.0 Å². The minimum atomic E-state index is -0.333.